The molecule has 4 N–H and O–H groups in total. The fraction of sp³-hybridized carbons (Fsp3) is 0.538. The predicted octanol–water partition coefficient (Wildman–Crippen LogP) is -0.0931. The number of rotatable bonds is 2. The van der Waals surface area contributed by atoms with Crippen molar-refractivity contribution in [3.63, 3.8) is 0 Å². The first-order chi connectivity index (χ1) is 8.90. The van der Waals surface area contributed by atoms with Crippen LogP contribution in [0.15, 0.2) is 18.2 Å². The highest BCUT2D eigenvalue weighted by atomic mass is 16.7. The Bertz CT molecular complexity index is 449. The molecule has 0 radical (unpaired) electrons. The molecule has 0 amide bonds. The van der Waals surface area contributed by atoms with Gasteiger partial charge in [-0.2, -0.15) is 0 Å². The predicted molar refractivity (Wildman–Crippen MR) is 65.8 cm³/mol. The standard InChI is InChI=1S/C13H18O6/c1-6-3-4-8(14)9(5-6)19-13-12(17)11(16)10(15)7(2)18-13/h3-5,7,10-17H,1-2H3/t7-,10-,11+,12+,13+/m1/s1. The molecule has 6 heteroatoms. The molecular formula is C13H18O6. The number of ether oxygens (including phenoxy) is 2. The summed E-state index contributed by atoms with van der Waals surface area (Å²) < 4.78 is 10.7. The van der Waals surface area contributed by atoms with Crippen LogP contribution in [0.1, 0.15) is 12.5 Å². The Balaban J connectivity index is 2.16. The van der Waals surface area contributed by atoms with E-state index >= 15 is 0 Å². The van der Waals surface area contributed by atoms with E-state index in [9.17, 15) is 20.4 Å². The Labute approximate surface area is 110 Å². The lowest BCUT2D eigenvalue weighted by atomic mass is 10.00. The Morgan fingerprint density at radius 2 is 1.79 bits per heavy atom. The number of aliphatic hydroxyl groups is 3. The van der Waals surface area contributed by atoms with Crippen LogP contribution in [-0.4, -0.2) is 51.1 Å². The van der Waals surface area contributed by atoms with Gasteiger partial charge in [-0.3, -0.25) is 0 Å². The van der Waals surface area contributed by atoms with Crippen molar-refractivity contribution in [3.8, 4) is 11.5 Å². The molecule has 5 atom stereocenters. The molecule has 19 heavy (non-hydrogen) atoms. The molecule has 0 bridgehead atoms. The summed E-state index contributed by atoms with van der Waals surface area (Å²) in [7, 11) is 0. The van der Waals surface area contributed by atoms with Crippen LogP contribution in [0.4, 0.5) is 0 Å². The number of aromatic hydroxyl groups is 1. The number of benzene rings is 1. The zero-order valence-corrected chi connectivity index (χ0v) is 10.7. The Morgan fingerprint density at radius 3 is 2.47 bits per heavy atom. The van der Waals surface area contributed by atoms with Gasteiger partial charge in [0, 0.05) is 0 Å². The molecular weight excluding hydrogens is 252 g/mol. The minimum absolute atomic E-state index is 0.0883. The summed E-state index contributed by atoms with van der Waals surface area (Å²) >= 11 is 0. The zero-order valence-electron chi connectivity index (χ0n) is 10.7. The van der Waals surface area contributed by atoms with E-state index in [1.165, 1.54) is 6.07 Å². The van der Waals surface area contributed by atoms with E-state index in [1.807, 2.05) is 6.92 Å². The van der Waals surface area contributed by atoms with E-state index in [0.717, 1.165) is 5.56 Å². The normalized spacial score (nSPS) is 35.1. The zero-order chi connectivity index (χ0) is 14.2. The second kappa shape index (κ2) is 5.34. The molecule has 0 spiro atoms. The second-order valence-corrected chi connectivity index (χ2v) is 4.77. The fourth-order valence-electron chi connectivity index (χ4n) is 1.95. The number of phenolic OH excluding ortho intramolecular Hbond substituents is 1. The van der Waals surface area contributed by atoms with E-state index in [-0.39, 0.29) is 11.5 Å². The molecule has 0 aromatic heterocycles. The van der Waals surface area contributed by atoms with Gasteiger partial charge in [0.2, 0.25) is 6.29 Å². The van der Waals surface area contributed by atoms with Crippen molar-refractivity contribution in [1.29, 1.82) is 0 Å². The first kappa shape index (κ1) is 14.1. The SMILES string of the molecule is Cc1ccc(O)c(O[C@@H]2O[C@H](C)[C@@H](O)[C@H](O)[C@@H]2O)c1. The lowest BCUT2D eigenvalue weighted by Gasteiger charge is -2.38. The third-order valence-corrected chi connectivity index (χ3v) is 3.17. The van der Waals surface area contributed by atoms with Gasteiger partial charge in [-0.15, -0.1) is 0 Å². The van der Waals surface area contributed by atoms with Crippen LogP contribution in [0.25, 0.3) is 0 Å². The molecule has 0 saturated carbocycles. The molecule has 0 unspecified atom stereocenters. The van der Waals surface area contributed by atoms with Gasteiger partial charge in [-0.05, 0) is 31.5 Å². The highest BCUT2D eigenvalue weighted by molar-refractivity contribution is 5.41. The minimum atomic E-state index is -1.40. The summed E-state index contributed by atoms with van der Waals surface area (Å²) in [4.78, 5) is 0. The molecule has 1 saturated heterocycles. The van der Waals surface area contributed by atoms with Crippen LogP contribution >= 0.6 is 0 Å². The van der Waals surface area contributed by atoms with E-state index < -0.39 is 30.7 Å². The smallest absolute Gasteiger partial charge is 0.229 e. The first-order valence-corrected chi connectivity index (χ1v) is 6.06. The largest absolute Gasteiger partial charge is 0.504 e. The third kappa shape index (κ3) is 2.82. The van der Waals surface area contributed by atoms with Crippen molar-refractivity contribution in [2.45, 2.75) is 44.6 Å². The van der Waals surface area contributed by atoms with Gasteiger partial charge in [0.15, 0.2) is 11.5 Å². The average molecular weight is 270 g/mol. The molecule has 0 aliphatic carbocycles. The molecule has 1 aliphatic rings. The summed E-state index contributed by atoms with van der Waals surface area (Å²) in [6.07, 6.45) is -5.77. The summed E-state index contributed by atoms with van der Waals surface area (Å²) in [5.41, 5.74) is 0.867. The van der Waals surface area contributed by atoms with Crippen molar-refractivity contribution >= 4 is 0 Å². The topological polar surface area (TPSA) is 99.4 Å². The summed E-state index contributed by atoms with van der Waals surface area (Å²) in [6, 6.07) is 4.77. The van der Waals surface area contributed by atoms with Crippen LogP contribution < -0.4 is 4.74 Å². The lowest BCUT2D eigenvalue weighted by Crippen LogP contribution is -2.58. The number of aliphatic hydroxyl groups excluding tert-OH is 3. The van der Waals surface area contributed by atoms with Crippen molar-refractivity contribution in [2.75, 3.05) is 0 Å². The van der Waals surface area contributed by atoms with Crippen molar-refractivity contribution < 1.29 is 29.9 Å². The van der Waals surface area contributed by atoms with E-state index in [2.05, 4.69) is 0 Å². The monoisotopic (exact) mass is 270 g/mol. The number of hydrogen-bond donors (Lipinski definition) is 4. The Hall–Kier alpha value is -1.34. The van der Waals surface area contributed by atoms with Crippen molar-refractivity contribution in [1.82, 2.24) is 0 Å². The Kier molecular flexibility index (Phi) is 3.96. The van der Waals surface area contributed by atoms with Gasteiger partial charge in [0.1, 0.15) is 18.3 Å². The van der Waals surface area contributed by atoms with Gasteiger partial charge < -0.3 is 29.9 Å². The summed E-state index contributed by atoms with van der Waals surface area (Å²) in [5, 5.41) is 38.7. The number of hydrogen-bond acceptors (Lipinski definition) is 6. The quantitative estimate of drug-likeness (QED) is 0.599. The minimum Gasteiger partial charge on any atom is -0.504 e. The fourth-order valence-corrected chi connectivity index (χ4v) is 1.95. The third-order valence-electron chi connectivity index (χ3n) is 3.17. The Morgan fingerprint density at radius 1 is 1.11 bits per heavy atom. The molecule has 1 aromatic carbocycles. The molecule has 1 heterocycles. The van der Waals surface area contributed by atoms with Crippen molar-refractivity contribution in [3.05, 3.63) is 23.8 Å². The summed E-state index contributed by atoms with van der Waals surface area (Å²) in [6.45, 7) is 3.39. The molecule has 6 nitrogen and oxygen atoms in total. The highest BCUT2D eigenvalue weighted by Crippen LogP contribution is 2.30. The van der Waals surface area contributed by atoms with E-state index in [4.69, 9.17) is 9.47 Å². The van der Waals surface area contributed by atoms with Gasteiger partial charge >= 0.3 is 0 Å². The number of phenols is 1. The molecule has 1 fully saturated rings. The van der Waals surface area contributed by atoms with Crippen LogP contribution in [0, 0.1) is 6.92 Å². The lowest BCUT2D eigenvalue weighted by molar-refractivity contribution is -0.268. The summed E-state index contributed by atoms with van der Waals surface area (Å²) in [5.74, 6) is 0.0644. The van der Waals surface area contributed by atoms with Crippen LogP contribution in [0.3, 0.4) is 0 Å². The first-order valence-electron chi connectivity index (χ1n) is 6.06. The van der Waals surface area contributed by atoms with Crippen LogP contribution in [0.5, 0.6) is 11.5 Å². The van der Waals surface area contributed by atoms with Gasteiger partial charge in [0.05, 0.1) is 6.10 Å². The van der Waals surface area contributed by atoms with Gasteiger partial charge in [0.25, 0.3) is 0 Å². The van der Waals surface area contributed by atoms with Crippen LogP contribution in [-0.2, 0) is 4.74 Å². The molecule has 1 aliphatic heterocycles. The molecule has 106 valence electrons. The van der Waals surface area contributed by atoms with Gasteiger partial charge in [-0.25, -0.2) is 0 Å². The van der Waals surface area contributed by atoms with Crippen molar-refractivity contribution in [2.24, 2.45) is 0 Å². The number of aryl methyl sites for hydroxylation is 1. The van der Waals surface area contributed by atoms with E-state index in [1.54, 1.807) is 19.1 Å². The average Bonchev–Trinajstić information content (AvgIpc) is 2.37. The van der Waals surface area contributed by atoms with E-state index in [0.29, 0.717) is 0 Å². The maximum absolute atomic E-state index is 9.81. The highest BCUT2D eigenvalue weighted by Gasteiger charge is 2.43. The maximum atomic E-state index is 9.81. The van der Waals surface area contributed by atoms with Crippen LogP contribution in [0.2, 0.25) is 0 Å². The maximum Gasteiger partial charge on any atom is 0.229 e. The molecule has 1 aromatic rings. The van der Waals surface area contributed by atoms with Gasteiger partial charge in [-0.1, -0.05) is 6.07 Å². The second-order valence-electron chi connectivity index (χ2n) is 4.77. The molecule has 2 rings (SSSR count).